The minimum Gasteiger partial charge on any atom is -0.464 e. The van der Waals surface area contributed by atoms with Gasteiger partial charge in [0, 0.05) is 6.92 Å². The zero-order valence-electron chi connectivity index (χ0n) is 12.3. The van der Waals surface area contributed by atoms with E-state index in [0.29, 0.717) is 6.61 Å². The Labute approximate surface area is 117 Å². The number of carbonyl (C=O) groups excluding carboxylic acids is 1. The van der Waals surface area contributed by atoms with Gasteiger partial charge in [0.2, 0.25) is 0 Å². The maximum absolute atomic E-state index is 11.0. The van der Waals surface area contributed by atoms with Crippen LogP contribution in [0.25, 0.3) is 0 Å². The zero-order chi connectivity index (χ0) is 14.6. The molecule has 19 heavy (non-hydrogen) atoms. The Hall–Kier alpha value is -1.49. The fraction of sp³-hybridized carbons (Fsp3) is 0.588. The normalized spacial score (nSPS) is 13.7. The molecule has 0 N–H and O–H groups in total. The van der Waals surface area contributed by atoms with Crippen molar-refractivity contribution < 1.29 is 9.53 Å². The first kappa shape index (κ1) is 17.5. The van der Waals surface area contributed by atoms with Crippen molar-refractivity contribution in [3.05, 3.63) is 24.8 Å². The molecule has 0 spiro atoms. The van der Waals surface area contributed by atoms with Crippen LogP contribution in [0.5, 0.6) is 0 Å². The van der Waals surface area contributed by atoms with Crippen molar-refractivity contribution in [1.29, 1.82) is 0 Å². The van der Waals surface area contributed by atoms with Gasteiger partial charge in [-0.1, -0.05) is 24.1 Å². The molecule has 0 amide bonds. The van der Waals surface area contributed by atoms with E-state index >= 15 is 0 Å². The summed E-state index contributed by atoms with van der Waals surface area (Å²) in [5.41, 5.74) is -0.323. The third kappa shape index (κ3) is 8.26. The van der Waals surface area contributed by atoms with E-state index < -0.39 is 0 Å². The molecule has 2 nitrogen and oxygen atoms in total. The lowest BCUT2D eigenvalue weighted by molar-refractivity contribution is -0.143. The summed E-state index contributed by atoms with van der Waals surface area (Å²) >= 11 is 0. The summed E-state index contributed by atoms with van der Waals surface area (Å²) in [6.07, 6.45) is 17.5. The van der Waals surface area contributed by atoms with Crippen LogP contribution < -0.4 is 0 Å². The number of terminal acetylenes is 1. The Morgan fingerprint density at radius 2 is 2.00 bits per heavy atom. The van der Waals surface area contributed by atoms with Crippen LogP contribution in [0.15, 0.2) is 24.8 Å². The molecule has 1 atom stereocenters. The van der Waals surface area contributed by atoms with Crippen LogP contribution in [0.1, 0.15) is 52.4 Å². The Morgan fingerprint density at radius 3 is 2.47 bits per heavy atom. The van der Waals surface area contributed by atoms with Gasteiger partial charge >= 0.3 is 5.97 Å². The van der Waals surface area contributed by atoms with Crippen molar-refractivity contribution in [2.75, 3.05) is 6.61 Å². The van der Waals surface area contributed by atoms with Gasteiger partial charge in [0.1, 0.15) is 6.61 Å². The molecule has 0 saturated carbocycles. The van der Waals surface area contributed by atoms with Crippen LogP contribution >= 0.6 is 0 Å². The summed E-state index contributed by atoms with van der Waals surface area (Å²) in [7, 11) is 0. The first-order valence-electron chi connectivity index (χ1n) is 6.93. The highest BCUT2D eigenvalue weighted by molar-refractivity contribution is 5.66. The van der Waals surface area contributed by atoms with Gasteiger partial charge in [-0.25, -0.2) is 0 Å². The quantitative estimate of drug-likeness (QED) is 0.254. The molecule has 106 valence electrons. The van der Waals surface area contributed by atoms with Gasteiger partial charge in [-0.2, -0.15) is 0 Å². The largest absolute Gasteiger partial charge is 0.464 e. The number of hydrogen-bond acceptors (Lipinski definition) is 2. The van der Waals surface area contributed by atoms with Crippen LogP contribution in [-0.2, 0) is 9.53 Å². The number of unbranched alkanes of at least 4 members (excludes halogenated alkanes) is 2. The average Bonchev–Trinajstić information content (AvgIpc) is 2.40. The molecule has 0 rings (SSSR count). The molecule has 0 heterocycles. The van der Waals surface area contributed by atoms with Crippen molar-refractivity contribution in [2.24, 2.45) is 5.41 Å². The van der Waals surface area contributed by atoms with Crippen molar-refractivity contribution in [3.63, 3.8) is 0 Å². The number of carbonyl (C=O) groups is 1. The van der Waals surface area contributed by atoms with E-state index in [1.54, 1.807) is 0 Å². The van der Waals surface area contributed by atoms with Gasteiger partial charge in [-0.3, -0.25) is 4.79 Å². The lowest BCUT2D eigenvalue weighted by atomic mass is 9.79. The fourth-order valence-corrected chi connectivity index (χ4v) is 2.00. The minimum absolute atomic E-state index is 0.267. The Bertz CT molecular complexity index is 336. The molecule has 2 heteroatoms. The lowest BCUT2D eigenvalue weighted by Crippen LogP contribution is -2.26. The summed E-state index contributed by atoms with van der Waals surface area (Å²) in [5.74, 6) is 2.60. The van der Waals surface area contributed by atoms with Gasteiger partial charge in [0.05, 0.1) is 5.41 Å². The first-order chi connectivity index (χ1) is 9.10. The third-order valence-electron chi connectivity index (χ3n) is 3.18. The molecule has 0 aliphatic heterocycles. The molecule has 0 bridgehead atoms. The molecule has 0 aromatic heterocycles. The predicted molar refractivity (Wildman–Crippen MR) is 80.6 cm³/mol. The molecular weight excluding hydrogens is 236 g/mol. The monoisotopic (exact) mass is 262 g/mol. The van der Waals surface area contributed by atoms with Gasteiger partial charge < -0.3 is 4.74 Å². The Morgan fingerprint density at radius 1 is 1.37 bits per heavy atom. The second-order valence-electron chi connectivity index (χ2n) is 4.85. The maximum atomic E-state index is 11.0. The number of ether oxygens (including phenoxy) is 1. The molecule has 0 unspecified atom stereocenters. The Balaban J connectivity index is 4.50. The van der Waals surface area contributed by atoms with E-state index in [9.17, 15) is 4.79 Å². The molecule has 0 aliphatic carbocycles. The lowest BCUT2D eigenvalue weighted by Gasteiger charge is -2.27. The van der Waals surface area contributed by atoms with Crippen LogP contribution in [0.4, 0.5) is 0 Å². The predicted octanol–water partition coefficient (Wildman–Crippen LogP) is 4.27. The summed E-state index contributed by atoms with van der Waals surface area (Å²) in [4.78, 5) is 11.0. The standard InChI is InChI=1S/C17H26O2/c1-5-8-10-12-14-17(7-3,13-11-9-6-2)15-19-16(4)18/h3,5-6,8H,2,9-15H2,1,4H3/b8-5+/t17-/m0/s1. The van der Waals surface area contributed by atoms with E-state index in [2.05, 4.69) is 18.6 Å². The SMILES string of the molecule is C#C[C@](CCCC=C)(CCC/C=C/C)COC(C)=O. The van der Waals surface area contributed by atoms with Gasteiger partial charge in [0.25, 0.3) is 0 Å². The van der Waals surface area contributed by atoms with Crippen molar-refractivity contribution >= 4 is 5.97 Å². The van der Waals surface area contributed by atoms with E-state index in [-0.39, 0.29) is 11.4 Å². The van der Waals surface area contributed by atoms with Crippen LogP contribution in [0.3, 0.4) is 0 Å². The van der Waals surface area contributed by atoms with Gasteiger partial charge in [0.15, 0.2) is 0 Å². The Kier molecular flexibility index (Phi) is 9.62. The average molecular weight is 262 g/mol. The zero-order valence-corrected chi connectivity index (χ0v) is 12.3. The smallest absolute Gasteiger partial charge is 0.302 e. The van der Waals surface area contributed by atoms with Gasteiger partial charge in [-0.15, -0.1) is 13.0 Å². The highest BCUT2D eigenvalue weighted by Gasteiger charge is 2.28. The molecule has 0 aliphatic rings. The number of esters is 1. The first-order valence-corrected chi connectivity index (χ1v) is 6.93. The molecular formula is C17H26O2. The van der Waals surface area contributed by atoms with Crippen LogP contribution in [0.2, 0.25) is 0 Å². The van der Waals surface area contributed by atoms with Crippen molar-refractivity contribution in [1.82, 2.24) is 0 Å². The molecule has 0 aromatic rings. The molecule has 0 aromatic carbocycles. The molecule has 0 saturated heterocycles. The second-order valence-corrected chi connectivity index (χ2v) is 4.85. The summed E-state index contributed by atoms with van der Waals surface area (Å²) in [6.45, 7) is 7.48. The highest BCUT2D eigenvalue weighted by atomic mass is 16.5. The topological polar surface area (TPSA) is 26.3 Å². The van der Waals surface area contributed by atoms with E-state index in [4.69, 9.17) is 11.2 Å². The van der Waals surface area contributed by atoms with Gasteiger partial charge in [-0.05, 0) is 45.4 Å². The summed E-state index contributed by atoms with van der Waals surface area (Å²) < 4.78 is 5.16. The van der Waals surface area contributed by atoms with Crippen molar-refractivity contribution in [2.45, 2.75) is 52.4 Å². The van der Waals surface area contributed by atoms with E-state index in [0.717, 1.165) is 38.5 Å². The maximum Gasteiger partial charge on any atom is 0.302 e. The summed E-state index contributed by atoms with van der Waals surface area (Å²) in [6, 6.07) is 0. The van der Waals surface area contributed by atoms with E-state index in [1.165, 1.54) is 6.92 Å². The molecule has 0 radical (unpaired) electrons. The second kappa shape index (κ2) is 10.4. The molecule has 0 fully saturated rings. The fourth-order valence-electron chi connectivity index (χ4n) is 2.00. The number of hydrogen-bond donors (Lipinski definition) is 0. The number of allylic oxidation sites excluding steroid dienone is 3. The van der Waals surface area contributed by atoms with E-state index in [1.807, 2.05) is 19.1 Å². The minimum atomic E-state index is -0.323. The highest BCUT2D eigenvalue weighted by Crippen LogP contribution is 2.31. The number of rotatable bonds is 10. The van der Waals surface area contributed by atoms with Crippen molar-refractivity contribution in [3.8, 4) is 12.3 Å². The third-order valence-corrected chi connectivity index (χ3v) is 3.18. The summed E-state index contributed by atoms with van der Waals surface area (Å²) in [5, 5.41) is 0. The van der Waals surface area contributed by atoms with Crippen LogP contribution in [-0.4, -0.2) is 12.6 Å². The van der Waals surface area contributed by atoms with Crippen LogP contribution in [0, 0.1) is 17.8 Å².